The number of rotatable bonds is 4. The van der Waals surface area contributed by atoms with E-state index in [0.717, 1.165) is 28.6 Å². The van der Waals surface area contributed by atoms with Gasteiger partial charge in [-0.05, 0) is 66.7 Å². The van der Waals surface area contributed by atoms with E-state index in [9.17, 15) is 9.50 Å². The van der Waals surface area contributed by atoms with Crippen LogP contribution in [0, 0.1) is 0 Å². The number of halogens is 2. The van der Waals surface area contributed by atoms with Gasteiger partial charge in [0.1, 0.15) is 0 Å². The molecule has 0 saturated carbocycles. The molecular formula is C19H27BrFNO4. The Morgan fingerprint density at radius 2 is 2.12 bits per heavy atom. The summed E-state index contributed by atoms with van der Waals surface area (Å²) in [7, 11) is 1.54. The number of aliphatic hydroxyl groups is 1. The van der Waals surface area contributed by atoms with Crippen molar-refractivity contribution in [3.05, 3.63) is 21.7 Å². The van der Waals surface area contributed by atoms with Crippen LogP contribution in [0.2, 0.25) is 0 Å². The number of nitrogens with zero attached hydrogens (tertiary/aromatic N) is 1. The van der Waals surface area contributed by atoms with Crippen LogP contribution < -0.4 is 9.47 Å². The van der Waals surface area contributed by atoms with E-state index in [2.05, 4.69) is 20.8 Å². The highest BCUT2D eigenvalue weighted by Gasteiger charge is 2.41. The zero-order valence-electron chi connectivity index (χ0n) is 15.7. The van der Waals surface area contributed by atoms with Gasteiger partial charge < -0.3 is 19.3 Å². The van der Waals surface area contributed by atoms with Gasteiger partial charge in [0, 0.05) is 19.1 Å². The van der Waals surface area contributed by atoms with Crippen molar-refractivity contribution < 1.29 is 23.7 Å². The van der Waals surface area contributed by atoms with Crippen LogP contribution in [0.25, 0.3) is 0 Å². The van der Waals surface area contributed by atoms with Crippen molar-refractivity contribution in [1.29, 1.82) is 0 Å². The number of hydrogen-bond acceptors (Lipinski definition) is 5. The summed E-state index contributed by atoms with van der Waals surface area (Å²) < 4.78 is 30.1. The smallest absolute Gasteiger partial charge is 0.228 e. The van der Waals surface area contributed by atoms with Gasteiger partial charge in [0.15, 0.2) is 11.5 Å². The summed E-state index contributed by atoms with van der Waals surface area (Å²) in [5, 5.41) is 10.7. The molecule has 146 valence electrons. The number of alkyl halides is 1. The van der Waals surface area contributed by atoms with Crippen LogP contribution in [-0.2, 0) is 11.2 Å². The van der Waals surface area contributed by atoms with Crippen molar-refractivity contribution in [3.8, 4) is 11.5 Å². The molecule has 2 aliphatic heterocycles. The van der Waals surface area contributed by atoms with Crippen LogP contribution in [0.3, 0.4) is 0 Å². The van der Waals surface area contributed by atoms with E-state index in [0.29, 0.717) is 24.5 Å². The summed E-state index contributed by atoms with van der Waals surface area (Å²) in [6.45, 7) is 6.65. The largest absolute Gasteiger partial charge is 0.493 e. The molecule has 0 aromatic heterocycles. The van der Waals surface area contributed by atoms with Crippen molar-refractivity contribution in [2.45, 2.75) is 57.5 Å². The van der Waals surface area contributed by atoms with Gasteiger partial charge >= 0.3 is 0 Å². The summed E-state index contributed by atoms with van der Waals surface area (Å²) in [5.74, 6) is 0.894. The number of benzene rings is 1. The predicted octanol–water partition coefficient (Wildman–Crippen LogP) is 3.61. The van der Waals surface area contributed by atoms with Crippen molar-refractivity contribution in [2.75, 3.05) is 27.1 Å². The van der Waals surface area contributed by atoms with Crippen molar-refractivity contribution in [2.24, 2.45) is 0 Å². The number of fused-ring (bicyclic) bond motifs is 3. The van der Waals surface area contributed by atoms with Gasteiger partial charge in [-0.2, -0.15) is 0 Å². The molecule has 1 fully saturated rings. The molecular weight excluding hydrogens is 405 g/mol. The highest BCUT2D eigenvalue weighted by Crippen LogP contribution is 2.47. The molecule has 5 nitrogen and oxygen atoms in total. The summed E-state index contributed by atoms with van der Waals surface area (Å²) >= 11 is 3.57. The van der Waals surface area contributed by atoms with Crippen molar-refractivity contribution in [3.63, 3.8) is 0 Å². The molecule has 1 aromatic carbocycles. The Bertz CT molecular complexity index is 664. The maximum absolute atomic E-state index is 12.8. The van der Waals surface area contributed by atoms with Gasteiger partial charge in [0.05, 0.1) is 29.4 Å². The van der Waals surface area contributed by atoms with Crippen LogP contribution >= 0.6 is 15.9 Å². The van der Waals surface area contributed by atoms with Gasteiger partial charge in [0.25, 0.3) is 0 Å². The van der Waals surface area contributed by atoms with E-state index in [4.69, 9.17) is 14.2 Å². The number of hydrogen-bond donors (Lipinski definition) is 1. The lowest BCUT2D eigenvalue weighted by atomic mass is 9.84. The van der Waals surface area contributed by atoms with Crippen molar-refractivity contribution in [1.82, 2.24) is 4.90 Å². The summed E-state index contributed by atoms with van der Waals surface area (Å²) in [4.78, 5) is 2.35. The zero-order chi connectivity index (χ0) is 19.1. The second kappa shape index (κ2) is 7.62. The molecule has 7 heteroatoms. The SMILES string of the molecule is COc1cc2c(c(Br)c1OCF)CCN1C[C@@H](OC(C)(C)C)[C@H](O)C[C@H]21. The minimum Gasteiger partial charge on any atom is -0.493 e. The molecule has 2 heterocycles. The Hall–Kier alpha value is -0.890. The third-order valence-electron chi connectivity index (χ3n) is 5.00. The first-order valence-electron chi connectivity index (χ1n) is 8.93. The third-order valence-corrected chi connectivity index (χ3v) is 5.84. The van der Waals surface area contributed by atoms with Gasteiger partial charge in [-0.3, -0.25) is 4.90 Å². The van der Waals surface area contributed by atoms with Crippen LogP contribution in [0.5, 0.6) is 11.5 Å². The molecule has 0 radical (unpaired) electrons. The molecule has 2 aliphatic rings. The van der Waals surface area contributed by atoms with Gasteiger partial charge in [-0.1, -0.05) is 0 Å². The van der Waals surface area contributed by atoms with Gasteiger partial charge in [-0.15, -0.1) is 0 Å². The number of ether oxygens (including phenoxy) is 3. The fourth-order valence-electron chi connectivity index (χ4n) is 3.96. The minimum absolute atomic E-state index is 0.0817. The highest BCUT2D eigenvalue weighted by atomic mass is 79.9. The summed E-state index contributed by atoms with van der Waals surface area (Å²) in [6, 6.07) is 2.00. The molecule has 0 unspecified atom stereocenters. The molecule has 0 amide bonds. The van der Waals surface area contributed by atoms with E-state index in [1.54, 1.807) is 7.11 Å². The van der Waals surface area contributed by atoms with Gasteiger partial charge in [-0.25, -0.2) is 4.39 Å². The van der Waals surface area contributed by atoms with E-state index >= 15 is 0 Å². The molecule has 1 saturated heterocycles. The first kappa shape index (κ1) is 19.9. The van der Waals surface area contributed by atoms with Crippen LogP contribution in [0.1, 0.15) is 44.4 Å². The summed E-state index contributed by atoms with van der Waals surface area (Å²) in [6.07, 6.45) is 0.671. The fraction of sp³-hybridized carbons (Fsp3) is 0.684. The quantitative estimate of drug-likeness (QED) is 0.788. The van der Waals surface area contributed by atoms with E-state index < -0.39 is 13.0 Å². The lowest BCUT2D eigenvalue weighted by Crippen LogP contribution is -2.53. The zero-order valence-corrected chi connectivity index (χ0v) is 17.3. The first-order chi connectivity index (χ1) is 12.2. The molecule has 0 bridgehead atoms. The predicted molar refractivity (Wildman–Crippen MR) is 101 cm³/mol. The Morgan fingerprint density at radius 1 is 1.38 bits per heavy atom. The molecule has 26 heavy (non-hydrogen) atoms. The second-order valence-corrected chi connectivity index (χ2v) is 8.67. The third kappa shape index (κ3) is 3.86. The van der Waals surface area contributed by atoms with Crippen LogP contribution in [0.4, 0.5) is 4.39 Å². The highest BCUT2D eigenvalue weighted by molar-refractivity contribution is 9.10. The summed E-state index contributed by atoms with van der Waals surface area (Å²) in [5.41, 5.74) is 1.90. The van der Waals surface area contributed by atoms with Gasteiger partial charge in [0.2, 0.25) is 6.86 Å². The van der Waals surface area contributed by atoms with Crippen molar-refractivity contribution >= 4 is 15.9 Å². The molecule has 3 atom stereocenters. The maximum Gasteiger partial charge on any atom is 0.228 e. The maximum atomic E-state index is 12.8. The Labute approximate surface area is 162 Å². The van der Waals surface area contributed by atoms with E-state index in [-0.39, 0.29) is 17.7 Å². The van der Waals surface area contributed by atoms with E-state index in [1.165, 1.54) is 0 Å². The molecule has 0 spiro atoms. The molecule has 1 aromatic rings. The normalized spacial score (nSPS) is 26.2. The monoisotopic (exact) mass is 431 g/mol. The average molecular weight is 432 g/mol. The fourth-order valence-corrected chi connectivity index (χ4v) is 4.70. The molecule has 0 aliphatic carbocycles. The molecule has 3 rings (SSSR count). The minimum atomic E-state index is -0.909. The topological polar surface area (TPSA) is 51.2 Å². The van der Waals surface area contributed by atoms with Crippen LogP contribution in [0.15, 0.2) is 10.5 Å². The van der Waals surface area contributed by atoms with E-state index in [1.807, 2.05) is 26.8 Å². The van der Waals surface area contributed by atoms with Crippen LogP contribution in [-0.4, -0.2) is 54.9 Å². The average Bonchev–Trinajstić information content (AvgIpc) is 2.56. The standard InChI is InChI=1S/C19H27BrFNO4/c1-19(2,3)26-16-9-22-6-5-11-12(13(22)8-14(16)23)7-15(24-4)18(17(11)20)25-10-21/h7,13-14,16,23H,5-6,8-10H2,1-4H3/t13-,14-,16-/m1/s1. The Balaban J connectivity index is 1.91. The first-order valence-corrected chi connectivity index (χ1v) is 9.72. The lowest BCUT2D eigenvalue weighted by Gasteiger charge is -2.47. The second-order valence-electron chi connectivity index (χ2n) is 7.88. The number of aliphatic hydroxyl groups excluding tert-OH is 1. The Morgan fingerprint density at radius 3 is 2.73 bits per heavy atom. The lowest BCUT2D eigenvalue weighted by molar-refractivity contribution is -0.149. The number of methoxy groups -OCH3 is 1. The number of piperidine rings is 1. The Kier molecular flexibility index (Phi) is 5.82. The molecule has 1 N–H and O–H groups in total.